The molecule has 0 spiro atoms. The van der Waals surface area contributed by atoms with Gasteiger partial charge in [0.25, 0.3) is 0 Å². The van der Waals surface area contributed by atoms with Crippen molar-refractivity contribution in [3.63, 3.8) is 0 Å². The summed E-state index contributed by atoms with van der Waals surface area (Å²) >= 11 is 2.20. The van der Waals surface area contributed by atoms with Crippen molar-refractivity contribution in [2.45, 2.75) is 40.0 Å². The summed E-state index contributed by atoms with van der Waals surface area (Å²) < 4.78 is 4.61. The van der Waals surface area contributed by atoms with Crippen LogP contribution in [0.1, 0.15) is 40.0 Å². The first kappa shape index (κ1) is 21.4. The van der Waals surface area contributed by atoms with Crippen LogP contribution in [0.2, 0.25) is 0 Å². The quantitative estimate of drug-likeness (QED) is 0.433. The Morgan fingerprint density at radius 1 is 1.18 bits per heavy atom. The summed E-state index contributed by atoms with van der Waals surface area (Å²) in [6.45, 7) is 5.51. The van der Waals surface area contributed by atoms with Crippen molar-refractivity contribution in [1.29, 1.82) is 0 Å². The maximum atomic E-state index is 10.2. The molecule has 0 N–H and O–H groups in total. The third kappa shape index (κ3) is 51.4. The van der Waals surface area contributed by atoms with Gasteiger partial charge in [-0.15, -0.1) is 0 Å². The van der Waals surface area contributed by atoms with Crippen LogP contribution in [0.25, 0.3) is 0 Å². The van der Waals surface area contributed by atoms with Crippen LogP contribution in [0.5, 0.6) is 0 Å². The van der Waals surface area contributed by atoms with Crippen molar-refractivity contribution in [2.75, 3.05) is 6.61 Å². The Bertz CT molecular complexity index is 211. The van der Waals surface area contributed by atoms with Gasteiger partial charge in [-0.2, -0.15) is 0 Å². The predicted octanol–water partition coefficient (Wildman–Crippen LogP) is -1.64. The zero-order valence-electron chi connectivity index (χ0n) is 10.4. The summed E-state index contributed by atoms with van der Waals surface area (Å²) in [5, 5.41) is 18.5. The first-order chi connectivity index (χ1) is 7.81. The van der Waals surface area contributed by atoms with Gasteiger partial charge in [0.05, 0.1) is 0 Å². The van der Waals surface area contributed by atoms with Crippen LogP contribution in [-0.2, 0) is 18.2 Å². The summed E-state index contributed by atoms with van der Waals surface area (Å²) in [4.78, 5) is 28.7. The average Bonchev–Trinajstić information content (AvgIpc) is 2.18. The molecular formula is C10H17AlO6. The summed E-state index contributed by atoms with van der Waals surface area (Å²) in [6.07, 6.45) is 0.925. The second kappa shape index (κ2) is 17.5. The van der Waals surface area contributed by atoms with E-state index in [4.69, 9.17) is 9.90 Å². The van der Waals surface area contributed by atoms with Crippen molar-refractivity contribution in [3.8, 4) is 0 Å². The van der Waals surface area contributed by atoms with E-state index in [1.165, 1.54) is 0 Å². The molecule has 0 fully saturated rings. The van der Waals surface area contributed by atoms with Crippen LogP contribution in [-0.4, -0.2) is 41.0 Å². The van der Waals surface area contributed by atoms with E-state index >= 15 is 0 Å². The van der Waals surface area contributed by atoms with Gasteiger partial charge in [-0.05, 0) is 6.92 Å². The Kier molecular flexibility index (Phi) is 22.0. The fraction of sp³-hybridized carbons (Fsp3) is 0.700. The fourth-order valence-corrected chi connectivity index (χ4v) is 0.640. The van der Waals surface area contributed by atoms with Gasteiger partial charge in [0, 0.05) is 24.8 Å². The SMILES string of the molecule is CC(=O)[O-].CCC(=O)CC(=O)[O-].CCC[O][Al+2]. The summed E-state index contributed by atoms with van der Waals surface area (Å²) in [5.41, 5.74) is 0. The van der Waals surface area contributed by atoms with E-state index in [0.717, 1.165) is 20.0 Å². The topological polar surface area (TPSA) is 107 Å². The van der Waals surface area contributed by atoms with Gasteiger partial charge in [0.15, 0.2) is 0 Å². The molecule has 7 heteroatoms. The van der Waals surface area contributed by atoms with E-state index in [1.54, 1.807) is 6.92 Å². The van der Waals surface area contributed by atoms with Gasteiger partial charge in [-0.3, -0.25) is 4.79 Å². The van der Waals surface area contributed by atoms with Gasteiger partial charge in [-0.25, -0.2) is 0 Å². The zero-order valence-corrected chi connectivity index (χ0v) is 11.5. The Hall–Kier alpha value is -0.898. The van der Waals surface area contributed by atoms with Crippen molar-refractivity contribution in [1.82, 2.24) is 0 Å². The number of carbonyl (C=O) groups excluding carboxylic acids is 3. The third-order valence-corrected chi connectivity index (χ3v) is 1.29. The standard InChI is InChI=1S/C5H8O3.C3H7O.C2H4O2.Al/c1-2-4(6)3-5(7)8;1-2-3-4;1-2(3)4;/h2-3H2,1H3,(H,7,8);2-3H2,1H3;1H3,(H,3,4);/q;-1;;+3/p-2. The molecule has 0 atom stereocenters. The molecule has 0 aliphatic carbocycles. The molecule has 0 aliphatic heterocycles. The van der Waals surface area contributed by atoms with E-state index in [9.17, 15) is 14.7 Å². The van der Waals surface area contributed by atoms with Gasteiger partial charge in [-0.1, -0.05) is 6.92 Å². The van der Waals surface area contributed by atoms with E-state index in [2.05, 4.69) is 27.3 Å². The molecular weight excluding hydrogens is 243 g/mol. The number of rotatable bonds is 5. The molecule has 0 heterocycles. The van der Waals surface area contributed by atoms with Crippen LogP contribution < -0.4 is 10.2 Å². The molecule has 0 aromatic rings. The van der Waals surface area contributed by atoms with Crippen LogP contribution in [0, 0.1) is 0 Å². The normalized spacial score (nSPS) is 8.06. The molecule has 0 aromatic heterocycles. The number of aliphatic carboxylic acids is 2. The van der Waals surface area contributed by atoms with Gasteiger partial charge >= 0.3 is 40.4 Å². The first-order valence-electron chi connectivity index (χ1n) is 5.02. The average molecular weight is 260 g/mol. The van der Waals surface area contributed by atoms with E-state index in [-0.39, 0.29) is 12.2 Å². The van der Waals surface area contributed by atoms with Gasteiger partial charge < -0.3 is 19.8 Å². The molecule has 0 saturated heterocycles. The molecule has 0 rings (SSSR count). The molecule has 0 radical (unpaired) electrons. The molecule has 0 saturated carbocycles. The Labute approximate surface area is 110 Å². The minimum absolute atomic E-state index is 0.272. The Morgan fingerprint density at radius 3 is 1.65 bits per heavy atom. The van der Waals surface area contributed by atoms with Gasteiger partial charge in [0.2, 0.25) is 0 Å². The maximum absolute atomic E-state index is 10.2. The van der Waals surface area contributed by atoms with Crippen molar-refractivity contribution < 1.29 is 28.4 Å². The van der Waals surface area contributed by atoms with Gasteiger partial charge in [0.1, 0.15) is 5.78 Å². The Balaban J connectivity index is -0.000000188. The van der Waals surface area contributed by atoms with E-state index in [1.807, 2.05) is 0 Å². The van der Waals surface area contributed by atoms with Crippen LogP contribution in [0.15, 0.2) is 0 Å². The van der Waals surface area contributed by atoms with E-state index in [0.29, 0.717) is 0 Å². The molecule has 0 amide bonds. The number of carboxylic acid groups (broad SMARTS) is 2. The molecule has 96 valence electrons. The van der Waals surface area contributed by atoms with Crippen LogP contribution in [0.3, 0.4) is 0 Å². The van der Waals surface area contributed by atoms with Crippen molar-refractivity contribution in [2.24, 2.45) is 0 Å². The summed E-state index contributed by atoms with van der Waals surface area (Å²) in [6, 6.07) is 0. The first-order valence-corrected chi connectivity index (χ1v) is 5.49. The second-order valence-corrected chi connectivity index (χ2v) is 3.14. The number of carboxylic acids is 2. The second-order valence-electron chi connectivity index (χ2n) is 2.80. The molecule has 0 aromatic carbocycles. The van der Waals surface area contributed by atoms with Crippen molar-refractivity contribution >= 4 is 34.3 Å². The van der Waals surface area contributed by atoms with E-state index < -0.39 is 18.4 Å². The number of carbonyl (C=O) groups is 3. The predicted molar refractivity (Wildman–Crippen MR) is 57.6 cm³/mol. The summed E-state index contributed by atoms with van der Waals surface area (Å²) in [5.74, 6) is -2.66. The van der Waals surface area contributed by atoms with Crippen molar-refractivity contribution in [3.05, 3.63) is 0 Å². The molecule has 0 bridgehead atoms. The summed E-state index contributed by atoms with van der Waals surface area (Å²) in [7, 11) is 0. The molecule has 0 unspecified atom stereocenters. The number of hydrogen-bond acceptors (Lipinski definition) is 6. The zero-order chi connectivity index (χ0) is 14.3. The third-order valence-electron chi connectivity index (χ3n) is 1.06. The Morgan fingerprint density at radius 2 is 1.59 bits per heavy atom. The monoisotopic (exact) mass is 260 g/mol. The number of ketones is 1. The minimum atomic E-state index is -1.29. The molecule has 6 nitrogen and oxygen atoms in total. The fourth-order valence-electron chi connectivity index (χ4n) is 0.404. The number of hydrogen-bond donors (Lipinski definition) is 0. The van der Waals surface area contributed by atoms with Crippen LogP contribution in [0.4, 0.5) is 0 Å². The molecule has 17 heavy (non-hydrogen) atoms. The molecule has 0 aliphatic rings. The number of Topliss-reactive ketones (excluding diaryl/α,β-unsaturated/α-hetero) is 1. The van der Waals surface area contributed by atoms with Crippen LogP contribution >= 0.6 is 0 Å².